The number of piperidine rings is 1. The maximum atomic E-state index is 11.1. The van der Waals surface area contributed by atoms with Crippen LogP contribution >= 0.6 is 23.2 Å². The summed E-state index contributed by atoms with van der Waals surface area (Å²) in [5, 5.41) is 17.1. The zero-order valence-corrected chi connectivity index (χ0v) is 25.3. The molecular formula is C36H33Cl2N3O2. The summed E-state index contributed by atoms with van der Waals surface area (Å²) in [6, 6.07) is 31.7. The lowest BCUT2D eigenvalue weighted by Crippen LogP contribution is -2.33. The molecule has 4 aromatic carbocycles. The number of carbonyl (C=O) groups is 1. The summed E-state index contributed by atoms with van der Waals surface area (Å²) in [5.74, 6) is -0.381. The minimum absolute atomic E-state index is 0.0435. The molecule has 0 spiro atoms. The smallest absolute Gasteiger partial charge is 0.307 e. The van der Waals surface area contributed by atoms with Gasteiger partial charge in [0.05, 0.1) is 23.7 Å². The third kappa shape index (κ3) is 5.89. The molecule has 0 radical (unpaired) electrons. The van der Waals surface area contributed by atoms with E-state index in [9.17, 15) is 4.79 Å². The minimum Gasteiger partial charge on any atom is -0.481 e. The van der Waals surface area contributed by atoms with Crippen LogP contribution in [-0.2, 0) is 11.2 Å². The summed E-state index contributed by atoms with van der Waals surface area (Å²) < 4.78 is 2.28. The third-order valence-electron chi connectivity index (χ3n) is 8.93. The van der Waals surface area contributed by atoms with Crippen LogP contribution in [0.2, 0.25) is 10.0 Å². The maximum absolute atomic E-state index is 11.1. The van der Waals surface area contributed by atoms with Gasteiger partial charge < -0.3 is 10.0 Å². The predicted molar refractivity (Wildman–Crippen MR) is 174 cm³/mol. The molecule has 2 heterocycles. The van der Waals surface area contributed by atoms with Crippen LogP contribution in [0.1, 0.15) is 71.5 Å². The van der Waals surface area contributed by atoms with E-state index in [0.717, 1.165) is 47.2 Å². The van der Waals surface area contributed by atoms with Crippen LogP contribution in [0.5, 0.6) is 0 Å². The Bertz CT molecular complexity index is 1710. The van der Waals surface area contributed by atoms with E-state index in [1.807, 2.05) is 36.4 Å². The molecule has 43 heavy (non-hydrogen) atoms. The summed E-state index contributed by atoms with van der Waals surface area (Å²) in [6.45, 7) is 1.89. The first-order chi connectivity index (χ1) is 20.9. The van der Waals surface area contributed by atoms with Crippen molar-refractivity contribution in [3.8, 4) is 0 Å². The molecule has 1 N–H and O–H groups in total. The summed E-state index contributed by atoms with van der Waals surface area (Å²) >= 11 is 12.5. The van der Waals surface area contributed by atoms with Crippen LogP contribution in [0, 0.1) is 0 Å². The highest BCUT2D eigenvalue weighted by molar-refractivity contribution is 6.30. The standard InChI is InChI=1S/C36H33Cl2N3O2/c37-28-8-3-24(4-9-28)35(25-5-10-29(38)11-6-25)27-7-16-33-32(22-27)36(39-41(33)31-14-15-31)26-17-19-40(20-18-26)30-12-1-23(2-13-30)21-34(42)43/h1-13,16,22,26,31,35H,14-15,17-21H2,(H,42,43). The second-order valence-corrected chi connectivity index (χ2v) is 12.7. The number of aliphatic carboxylic acids is 1. The zero-order chi connectivity index (χ0) is 29.5. The molecule has 0 atom stereocenters. The van der Waals surface area contributed by atoms with Gasteiger partial charge in [-0.3, -0.25) is 9.48 Å². The van der Waals surface area contributed by atoms with Crippen molar-refractivity contribution in [1.29, 1.82) is 0 Å². The van der Waals surface area contributed by atoms with Gasteiger partial charge in [0, 0.05) is 46.0 Å². The second-order valence-electron chi connectivity index (χ2n) is 11.9. The number of hydrogen-bond donors (Lipinski definition) is 1. The predicted octanol–water partition coefficient (Wildman–Crippen LogP) is 8.87. The van der Waals surface area contributed by atoms with Crippen molar-refractivity contribution in [2.75, 3.05) is 18.0 Å². The quantitative estimate of drug-likeness (QED) is 0.178. The highest BCUT2D eigenvalue weighted by Crippen LogP contribution is 2.42. The number of carboxylic acid groups (broad SMARTS) is 1. The molecule has 0 bridgehead atoms. The highest BCUT2D eigenvalue weighted by Gasteiger charge is 2.31. The Hall–Kier alpha value is -3.80. The Labute approximate surface area is 261 Å². The average molecular weight is 611 g/mol. The first-order valence-corrected chi connectivity index (χ1v) is 15.8. The molecule has 1 saturated heterocycles. The number of anilines is 1. The number of carboxylic acids is 1. The molecule has 2 aliphatic rings. The van der Waals surface area contributed by atoms with Crippen molar-refractivity contribution in [3.05, 3.63) is 129 Å². The van der Waals surface area contributed by atoms with Gasteiger partial charge in [0.1, 0.15) is 0 Å². The lowest BCUT2D eigenvalue weighted by atomic mass is 9.84. The van der Waals surface area contributed by atoms with Gasteiger partial charge in [-0.2, -0.15) is 5.10 Å². The summed E-state index contributed by atoms with van der Waals surface area (Å²) in [4.78, 5) is 13.5. The fourth-order valence-electron chi connectivity index (χ4n) is 6.56. The van der Waals surface area contributed by atoms with Gasteiger partial charge in [-0.05, 0) is 96.5 Å². The third-order valence-corrected chi connectivity index (χ3v) is 9.43. The summed E-state index contributed by atoms with van der Waals surface area (Å²) in [7, 11) is 0. The molecule has 1 aliphatic carbocycles. The molecule has 2 fully saturated rings. The molecule has 1 saturated carbocycles. The number of rotatable bonds is 8. The lowest BCUT2D eigenvalue weighted by molar-refractivity contribution is -0.136. The topological polar surface area (TPSA) is 58.4 Å². The van der Waals surface area contributed by atoms with Crippen LogP contribution in [0.3, 0.4) is 0 Å². The Kier molecular flexibility index (Phi) is 7.62. The van der Waals surface area contributed by atoms with Crippen LogP contribution < -0.4 is 4.90 Å². The van der Waals surface area contributed by atoms with Gasteiger partial charge >= 0.3 is 5.97 Å². The normalized spacial score (nSPS) is 15.8. The van der Waals surface area contributed by atoms with Crippen molar-refractivity contribution in [2.45, 2.75) is 50.0 Å². The van der Waals surface area contributed by atoms with Crippen LogP contribution in [0.15, 0.2) is 91.0 Å². The van der Waals surface area contributed by atoms with Crippen LogP contribution in [0.25, 0.3) is 10.9 Å². The van der Waals surface area contributed by atoms with Gasteiger partial charge in [-0.1, -0.05) is 65.7 Å². The molecule has 1 aliphatic heterocycles. The molecule has 7 rings (SSSR count). The van der Waals surface area contributed by atoms with Crippen molar-refractivity contribution < 1.29 is 9.90 Å². The number of benzene rings is 4. The zero-order valence-electron chi connectivity index (χ0n) is 23.8. The SMILES string of the molecule is O=C(O)Cc1ccc(N2CCC(c3nn(C4CC4)c4ccc(C(c5ccc(Cl)cc5)c5ccc(Cl)cc5)cc34)CC2)cc1. The number of aromatic nitrogens is 2. The molecule has 5 nitrogen and oxygen atoms in total. The van der Waals surface area contributed by atoms with Crippen LogP contribution in [0.4, 0.5) is 5.69 Å². The number of fused-ring (bicyclic) bond motifs is 1. The Balaban J connectivity index is 1.21. The van der Waals surface area contributed by atoms with Crippen molar-refractivity contribution >= 4 is 45.8 Å². The largest absolute Gasteiger partial charge is 0.481 e. The molecule has 218 valence electrons. The Morgan fingerprint density at radius 2 is 1.37 bits per heavy atom. The number of halogens is 2. The minimum atomic E-state index is -0.803. The van der Waals surface area contributed by atoms with E-state index in [-0.39, 0.29) is 12.3 Å². The molecule has 0 amide bonds. The number of hydrogen-bond acceptors (Lipinski definition) is 3. The summed E-state index contributed by atoms with van der Waals surface area (Å²) in [6.07, 6.45) is 4.47. The molecule has 5 aromatic rings. The fraction of sp³-hybridized carbons (Fsp3) is 0.278. The first-order valence-electron chi connectivity index (χ1n) is 15.0. The molecule has 1 aromatic heterocycles. The maximum Gasteiger partial charge on any atom is 0.307 e. The summed E-state index contributed by atoms with van der Waals surface area (Å²) in [5.41, 5.74) is 8.02. The number of nitrogens with zero attached hydrogens (tertiary/aromatic N) is 3. The van der Waals surface area contributed by atoms with E-state index in [2.05, 4.69) is 64.2 Å². The lowest BCUT2D eigenvalue weighted by Gasteiger charge is -2.33. The van der Waals surface area contributed by atoms with E-state index in [1.165, 1.54) is 46.1 Å². The first kappa shape index (κ1) is 28.0. The Morgan fingerprint density at radius 1 is 0.791 bits per heavy atom. The van der Waals surface area contributed by atoms with Gasteiger partial charge in [0.15, 0.2) is 0 Å². The van der Waals surface area contributed by atoms with Crippen molar-refractivity contribution in [2.24, 2.45) is 0 Å². The Morgan fingerprint density at radius 3 is 1.93 bits per heavy atom. The van der Waals surface area contributed by atoms with Crippen molar-refractivity contribution in [1.82, 2.24) is 9.78 Å². The molecule has 0 unspecified atom stereocenters. The van der Waals surface area contributed by atoms with Gasteiger partial charge in [0.2, 0.25) is 0 Å². The van der Waals surface area contributed by atoms with Gasteiger partial charge in [-0.15, -0.1) is 0 Å². The van der Waals surface area contributed by atoms with E-state index in [1.54, 1.807) is 0 Å². The fourth-order valence-corrected chi connectivity index (χ4v) is 6.81. The van der Waals surface area contributed by atoms with Crippen LogP contribution in [-0.4, -0.2) is 33.9 Å². The van der Waals surface area contributed by atoms with Gasteiger partial charge in [-0.25, -0.2) is 0 Å². The monoisotopic (exact) mass is 609 g/mol. The highest BCUT2D eigenvalue weighted by atomic mass is 35.5. The average Bonchev–Trinajstić information content (AvgIpc) is 3.80. The molecular weight excluding hydrogens is 577 g/mol. The molecule has 7 heteroatoms. The van der Waals surface area contributed by atoms with E-state index in [4.69, 9.17) is 33.4 Å². The van der Waals surface area contributed by atoms with Gasteiger partial charge in [0.25, 0.3) is 0 Å². The second kappa shape index (κ2) is 11.7. The van der Waals surface area contributed by atoms with Crippen molar-refractivity contribution in [3.63, 3.8) is 0 Å². The van der Waals surface area contributed by atoms with E-state index >= 15 is 0 Å². The van der Waals surface area contributed by atoms with E-state index < -0.39 is 5.97 Å². The van der Waals surface area contributed by atoms with E-state index in [0.29, 0.717) is 12.0 Å².